The first-order valence-electron chi connectivity index (χ1n) is 5.64. The highest BCUT2D eigenvalue weighted by Crippen LogP contribution is 2.23. The number of imidazole rings is 1. The fraction of sp³-hybridized carbons (Fsp3) is 0.154. The van der Waals surface area contributed by atoms with Gasteiger partial charge in [-0.25, -0.2) is 9.78 Å². The Hall–Kier alpha value is -2.14. The molecule has 0 aliphatic rings. The lowest BCUT2D eigenvalue weighted by atomic mass is 10.0. The van der Waals surface area contributed by atoms with Gasteiger partial charge in [0.25, 0.3) is 0 Å². The van der Waals surface area contributed by atoms with E-state index in [-0.39, 0.29) is 28.6 Å². The number of nitrogens with one attached hydrogen (secondary N) is 1. The van der Waals surface area contributed by atoms with E-state index in [2.05, 4.69) is 9.97 Å². The summed E-state index contributed by atoms with van der Waals surface area (Å²) in [7, 11) is 0. The van der Waals surface area contributed by atoms with Crippen molar-refractivity contribution in [3.05, 3.63) is 52.6 Å². The summed E-state index contributed by atoms with van der Waals surface area (Å²) >= 11 is 6.02. The Balaban J connectivity index is 2.49. The maximum atomic E-state index is 12.3. The highest BCUT2D eigenvalue weighted by atomic mass is 35.5. The van der Waals surface area contributed by atoms with Gasteiger partial charge in [-0.15, -0.1) is 0 Å². The maximum absolute atomic E-state index is 12.3. The van der Waals surface area contributed by atoms with Crippen molar-refractivity contribution in [1.82, 2.24) is 9.97 Å². The largest absolute Gasteiger partial charge is 0.462 e. The van der Waals surface area contributed by atoms with Crippen molar-refractivity contribution in [3.63, 3.8) is 0 Å². The topological polar surface area (TPSA) is 72.1 Å². The smallest absolute Gasteiger partial charge is 0.338 e. The minimum atomic E-state index is -0.583. The van der Waals surface area contributed by atoms with E-state index in [1.807, 2.05) is 0 Å². The molecule has 2 aromatic rings. The lowest BCUT2D eigenvalue weighted by Gasteiger charge is -2.08. The van der Waals surface area contributed by atoms with Crippen molar-refractivity contribution in [3.8, 4) is 0 Å². The van der Waals surface area contributed by atoms with E-state index in [9.17, 15) is 9.59 Å². The third-order valence-corrected chi connectivity index (χ3v) is 2.76. The Bertz CT molecular complexity index is 608. The summed E-state index contributed by atoms with van der Waals surface area (Å²) in [6.07, 6.45) is 2.97. The molecule has 0 aliphatic carbocycles. The maximum Gasteiger partial charge on any atom is 0.338 e. The highest BCUT2D eigenvalue weighted by Gasteiger charge is 2.23. The number of aromatic amines is 1. The molecule has 19 heavy (non-hydrogen) atoms. The van der Waals surface area contributed by atoms with Crippen LogP contribution in [0.4, 0.5) is 0 Å². The highest BCUT2D eigenvalue weighted by molar-refractivity contribution is 6.35. The lowest BCUT2D eigenvalue weighted by Crippen LogP contribution is -2.14. The molecule has 0 atom stereocenters. The Morgan fingerprint density at radius 3 is 2.84 bits per heavy atom. The van der Waals surface area contributed by atoms with Gasteiger partial charge in [0.05, 0.1) is 22.8 Å². The van der Waals surface area contributed by atoms with Gasteiger partial charge in [-0.2, -0.15) is 0 Å². The number of aromatic nitrogens is 2. The molecule has 0 unspecified atom stereocenters. The number of hydrogen-bond acceptors (Lipinski definition) is 4. The SMILES string of the molecule is CCOC(=O)c1cccc(Cl)c1C(=O)c1ncc[nH]1. The van der Waals surface area contributed by atoms with E-state index < -0.39 is 11.8 Å². The van der Waals surface area contributed by atoms with Crippen molar-refractivity contribution >= 4 is 23.4 Å². The summed E-state index contributed by atoms with van der Waals surface area (Å²) in [5.74, 6) is -0.905. The molecule has 5 nitrogen and oxygen atoms in total. The first-order valence-corrected chi connectivity index (χ1v) is 6.02. The fourth-order valence-corrected chi connectivity index (χ4v) is 1.90. The van der Waals surface area contributed by atoms with Crippen LogP contribution in [0.3, 0.4) is 0 Å². The molecule has 1 N–H and O–H groups in total. The summed E-state index contributed by atoms with van der Waals surface area (Å²) in [5.41, 5.74) is 0.230. The van der Waals surface area contributed by atoms with E-state index in [0.29, 0.717) is 0 Å². The standard InChI is InChI=1S/C13H11ClN2O3/c1-2-19-13(18)8-4-3-5-9(14)10(8)11(17)12-15-6-7-16-12/h3-7H,2H2,1H3,(H,15,16). The Morgan fingerprint density at radius 1 is 1.42 bits per heavy atom. The van der Waals surface area contributed by atoms with Crippen molar-refractivity contribution in [2.75, 3.05) is 6.61 Å². The molecule has 0 spiro atoms. The molecule has 0 saturated carbocycles. The molecule has 0 saturated heterocycles. The number of rotatable bonds is 4. The number of carbonyl (C=O) groups excluding carboxylic acids is 2. The van der Waals surface area contributed by atoms with Crippen LogP contribution in [0.15, 0.2) is 30.6 Å². The van der Waals surface area contributed by atoms with Gasteiger partial charge in [0.15, 0.2) is 5.82 Å². The van der Waals surface area contributed by atoms with E-state index in [1.54, 1.807) is 19.1 Å². The van der Waals surface area contributed by atoms with Crippen LogP contribution in [0.2, 0.25) is 5.02 Å². The van der Waals surface area contributed by atoms with Crippen LogP contribution in [0.25, 0.3) is 0 Å². The number of carbonyl (C=O) groups is 2. The number of ketones is 1. The Morgan fingerprint density at radius 2 is 2.21 bits per heavy atom. The molecule has 6 heteroatoms. The first kappa shape index (κ1) is 13.3. The van der Waals surface area contributed by atoms with Crippen molar-refractivity contribution in [2.45, 2.75) is 6.92 Å². The Labute approximate surface area is 114 Å². The van der Waals surface area contributed by atoms with Gasteiger partial charge in [-0.1, -0.05) is 17.7 Å². The van der Waals surface area contributed by atoms with Crippen LogP contribution >= 0.6 is 11.6 Å². The molecule has 0 radical (unpaired) electrons. The number of benzene rings is 1. The molecular formula is C13H11ClN2O3. The van der Waals surface area contributed by atoms with Gasteiger partial charge < -0.3 is 9.72 Å². The van der Waals surface area contributed by atoms with Gasteiger partial charge in [-0.05, 0) is 19.1 Å². The number of H-pyrrole nitrogens is 1. The first-order chi connectivity index (χ1) is 9.15. The van der Waals surface area contributed by atoms with Crippen LogP contribution in [-0.4, -0.2) is 28.3 Å². The van der Waals surface area contributed by atoms with Gasteiger partial charge in [0.2, 0.25) is 5.78 Å². The van der Waals surface area contributed by atoms with E-state index in [1.165, 1.54) is 18.5 Å². The number of ether oxygens (including phenoxy) is 1. The summed E-state index contributed by atoms with van der Waals surface area (Å²) in [6.45, 7) is 1.91. The molecule has 98 valence electrons. The molecule has 0 amide bonds. The average molecular weight is 279 g/mol. The van der Waals surface area contributed by atoms with Crippen LogP contribution in [0, 0.1) is 0 Å². The quantitative estimate of drug-likeness (QED) is 0.689. The minimum Gasteiger partial charge on any atom is -0.462 e. The zero-order valence-electron chi connectivity index (χ0n) is 10.1. The summed E-state index contributed by atoms with van der Waals surface area (Å²) in [4.78, 5) is 30.7. The van der Waals surface area contributed by atoms with Gasteiger partial charge in [0.1, 0.15) is 0 Å². The zero-order chi connectivity index (χ0) is 13.8. The Kier molecular flexibility index (Phi) is 3.97. The van der Waals surface area contributed by atoms with E-state index in [4.69, 9.17) is 16.3 Å². The average Bonchev–Trinajstić information content (AvgIpc) is 2.92. The van der Waals surface area contributed by atoms with Crippen LogP contribution in [0.1, 0.15) is 33.5 Å². The second-order valence-electron chi connectivity index (χ2n) is 3.65. The third kappa shape index (κ3) is 2.66. The molecular weight excluding hydrogens is 268 g/mol. The third-order valence-electron chi connectivity index (χ3n) is 2.45. The van der Waals surface area contributed by atoms with Gasteiger partial charge in [0, 0.05) is 12.4 Å². The van der Waals surface area contributed by atoms with Crippen molar-refractivity contribution in [1.29, 1.82) is 0 Å². The fourth-order valence-electron chi connectivity index (χ4n) is 1.64. The van der Waals surface area contributed by atoms with Gasteiger partial charge >= 0.3 is 5.97 Å². The van der Waals surface area contributed by atoms with E-state index in [0.717, 1.165) is 0 Å². The number of nitrogens with zero attached hydrogens (tertiary/aromatic N) is 1. The van der Waals surface area contributed by atoms with Crippen LogP contribution in [0.5, 0.6) is 0 Å². The summed E-state index contributed by atoms with van der Waals surface area (Å²) in [6, 6.07) is 4.63. The molecule has 2 rings (SSSR count). The summed E-state index contributed by atoms with van der Waals surface area (Å²) < 4.78 is 4.91. The molecule has 0 bridgehead atoms. The molecule has 1 aromatic heterocycles. The number of halogens is 1. The van der Waals surface area contributed by atoms with Crippen molar-refractivity contribution < 1.29 is 14.3 Å². The predicted molar refractivity (Wildman–Crippen MR) is 69.4 cm³/mol. The summed E-state index contributed by atoms with van der Waals surface area (Å²) in [5, 5.41) is 0.187. The second-order valence-corrected chi connectivity index (χ2v) is 4.06. The second kappa shape index (κ2) is 5.67. The molecule has 0 aliphatic heterocycles. The minimum absolute atomic E-state index is 0.0950. The monoisotopic (exact) mass is 278 g/mol. The van der Waals surface area contributed by atoms with E-state index >= 15 is 0 Å². The number of esters is 1. The van der Waals surface area contributed by atoms with Crippen LogP contribution < -0.4 is 0 Å². The van der Waals surface area contributed by atoms with Crippen molar-refractivity contribution in [2.24, 2.45) is 0 Å². The predicted octanol–water partition coefficient (Wildman–Crippen LogP) is 2.47. The molecule has 1 heterocycles. The number of hydrogen-bond donors (Lipinski definition) is 1. The van der Waals surface area contributed by atoms with Crippen LogP contribution in [-0.2, 0) is 4.74 Å². The lowest BCUT2D eigenvalue weighted by molar-refractivity contribution is 0.0523. The molecule has 0 fully saturated rings. The molecule has 1 aromatic carbocycles. The van der Waals surface area contributed by atoms with Gasteiger partial charge in [-0.3, -0.25) is 4.79 Å². The zero-order valence-corrected chi connectivity index (χ0v) is 10.9. The normalized spacial score (nSPS) is 10.2.